The highest BCUT2D eigenvalue weighted by molar-refractivity contribution is 6.18. The summed E-state index contributed by atoms with van der Waals surface area (Å²) in [5, 5.41) is 15.5. The number of carbonyl (C=O) groups excluding carboxylic acids is 2. The summed E-state index contributed by atoms with van der Waals surface area (Å²) in [5.41, 5.74) is 5.91. The third-order valence-electron chi connectivity index (χ3n) is 7.82. The van der Waals surface area contributed by atoms with Crippen molar-refractivity contribution in [3.63, 3.8) is 0 Å². The van der Waals surface area contributed by atoms with Gasteiger partial charge in [-0.2, -0.15) is 0 Å². The Morgan fingerprint density at radius 3 is 2.44 bits per heavy atom. The number of anilines is 1. The Bertz CT molecular complexity index is 1770. The third kappa shape index (κ3) is 3.93. The molecule has 0 saturated carbocycles. The summed E-state index contributed by atoms with van der Waals surface area (Å²) >= 11 is 6.36. The Morgan fingerprint density at radius 2 is 1.62 bits per heavy atom. The summed E-state index contributed by atoms with van der Waals surface area (Å²) in [7, 11) is 0. The lowest BCUT2D eigenvalue weighted by Crippen LogP contribution is -2.29. The topological polar surface area (TPSA) is 101 Å². The van der Waals surface area contributed by atoms with Gasteiger partial charge >= 0.3 is 0 Å². The Morgan fingerprint density at radius 1 is 0.897 bits per heavy atom. The number of fused-ring (bicyclic) bond motifs is 5. The fraction of sp³-hybridized carbons (Fsp3) is 0.161. The van der Waals surface area contributed by atoms with Crippen molar-refractivity contribution in [2.24, 2.45) is 5.92 Å². The van der Waals surface area contributed by atoms with Gasteiger partial charge in [-0.25, -0.2) is 0 Å². The average molecular weight is 537 g/mol. The minimum absolute atomic E-state index is 0.0399. The minimum atomic E-state index is -0.775. The first-order chi connectivity index (χ1) is 19.0. The molecule has 7 rings (SSSR count). The molecular formula is C31H25ClN4O3. The predicted octanol–water partition coefficient (Wildman–Crippen LogP) is 5.93. The zero-order valence-corrected chi connectivity index (χ0v) is 21.6. The molecule has 1 fully saturated rings. The van der Waals surface area contributed by atoms with Crippen LogP contribution in [-0.2, 0) is 0 Å². The molecule has 2 unspecified atom stereocenters. The van der Waals surface area contributed by atoms with Gasteiger partial charge in [0.15, 0.2) is 0 Å². The van der Waals surface area contributed by atoms with Gasteiger partial charge in [0.1, 0.15) is 11.4 Å². The number of amides is 2. The number of aromatic nitrogens is 2. The van der Waals surface area contributed by atoms with Crippen LogP contribution >= 0.6 is 11.6 Å². The van der Waals surface area contributed by atoms with E-state index in [0.29, 0.717) is 29.5 Å². The quantitative estimate of drug-likeness (QED) is 0.214. The number of alkyl halides is 1. The maximum atomic E-state index is 13.7. The molecule has 3 atom stereocenters. The number of aliphatic hydroxyl groups is 1. The van der Waals surface area contributed by atoms with Crippen molar-refractivity contribution < 1.29 is 14.7 Å². The first-order valence-corrected chi connectivity index (χ1v) is 13.4. The molecule has 8 heteroatoms. The van der Waals surface area contributed by atoms with E-state index < -0.39 is 6.10 Å². The van der Waals surface area contributed by atoms with Crippen LogP contribution in [0.5, 0.6) is 0 Å². The van der Waals surface area contributed by atoms with Crippen molar-refractivity contribution in [1.82, 2.24) is 14.9 Å². The SMILES string of the molecule is O=C(Nc1ccc2[nH]c(C(=O)N3C[C@@H](CCl)C4C3=CC(O)c3ccccc34)cc2c1)c1cc2ccccc2[nH]1. The van der Waals surface area contributed by atoms with Crippen LogP contribution in [0.15, 0.2) is 90.6 Å². The van der Waals surface area contributed by atoms with Crippen molar-refractivity contribution in [2.45, 2.75) is 12.0 Å². The van der Waals surface area contributed by atoms with Gasteiger partial charge in [-0.1, -0.05) is 42.5 Å². The smallest absolute Gasteiger partial charge is 0.274 e. The van der Waals surface area contributed by atoms with E-state index in [9.17, 15) is 14.7 Å². The predicted molar refractivity (Wildman–Crippen MR) is 152 cm³/mol. The molecular weight excluding hydrogens is 512 g/mol. The number of likely N-dealkylation sites (tertiary alicyclic amines) is 1. The second-order valence-corrected chi connectivity index (χ2v) is 10.5. The molecule has 5 aromatic rings. The van der Waals surface area contributed by atoms with Gasteiger partial charge in [0, 0.05) is 57.5 Å². The van der Waals surface area contributed by atoms with Crippen LogP contribution < -0.4 is 5.32 Å². The molecule has 194 valence electrons. The summed E-state index contributed by atoms with van der Waals surface area (Å²) in [6.07, 6.45) is 1.00. The highest BCUT2D eigenvalue weighted by atomic mass is 35.5. The van der Waals surface area contributed by atoms with Gasteiger partial charge in [0.2, 0.25) is 0 Å². The number of benzene rings is 3. The number of carbonyl (C=O) groups is 2. The van der Waals surface area contributed by atoms with Gasteiger partial charge in [0.25, 0.3) is 11.8 Å². The van der Waals surface area contributed by atoms with Crippen LogP contribution in [0.1, 0.15) is 44.1 Å². The molecule has 2 amide bonds. The van der Waals surface area contributed by atoms with Crippen LogP contribution in [0.4, 0.5) is 5.69 Å². The van der Waals surface area contributed by atoms with Gasteiger partial charge in [-0.15, -0.1) is 11.6 Å². The molecule has 1 aliphatic carbocycles. The molecule has 2 aliphatic rings. The maximum absolute atomic E-state index is 13.7. The highest BCUT2D eigenvalue weighted by Gasteiger charge is 2.44. The number of nitrogens with one attached hydrogen (secondary N) is 3. The van der Waals surface area contributed by atoms with Crippen molar-refractivity contribution in [3.8, 4) is 0 Å². The van der Waals surface area contributed by atoms with Gasteiger partial charge < -0.3 is 25.3 Å². The molecule has 1 saturated heterocycles. The van der Waals surface area contributed by atoms with Gasteiger partial charge in [-0.3, -0.25) is 9.59 Å². The van der Waals surface area contributed by atoms with Gasteiger partial charge in [0.05, 0.1) is 6.10 Å². The summed E-state index contributed by atoms with van der Waals surface area (Å²) in [5.74, 6) is -0.00302. The van der Waals surface area contributed by atoms with Crippen molar-refractivity contribution in [1.29, 1.82) is 0 Å². The first-order valence-electron chi connectivity index (χ1n) is 12.9. The number of H-pyrrole nitrogens is 2. The van der Waals surface area contributed by atoms with Crippen LogP contribution in [0.2, 0.25) is 0 Å². The Hall–Kier alpha value is -4.33. The van der Waals surface area contributed by atoms with E-state index in [1.807, 2.05) is 66.7 Å². The van der Waals surface area contributed by atoms with Crippen molar-refractivity contribution >= 4 is 50.9 Å². The average Bonchev–Trinajstić information content (AvgIpc) is 3.67. The lowest BCUT2D eigenvalue weighted by molar-refractivity contribution is 0.0812. The Balaban J connectivity index is 1.15. The lowest BCUT2D eigenvalue weighted by Gasteiger charge is -2.29. The van der Waals surface area contributed by atoms with Crippen molar-refractivity contribution in [3.05, 3.63) is 113 Å². The molecule has 4 N–H and O–H groups in total. The first kappa shape index (κ1) is 23.8. The number of nitrogens with zero attached hydrogens (tertiary/aromatic N) is 1. The van der Waals surface area contributed by atoms with Crippen LogP contribution in [0.3, 0.4) is 0 Å². The normalized spacial score (nSPS) is 20.1. The molecule has 1 aliphatic heterocycles. The van der Waals surface area contributed by atoms with E-state index in [1.165, 1.54) is 0 Å². The molecule has 39 heavy (non-hydrogen) atoms. The van der Waals surface area contributed by atoms with E-state index in [0.717, 1.165) is 38.6 Å². The zero-order valence-electron chi connectivity index (χ0n) is 20.8. The van der Waals surface area contributed by atoms with Crippen molar-refractivity contribution in [2.75, 3.05) is 17.7 Å². The van der Waals surface area contributed by atoms with E-state index in [1.54, 1.807) is 23.1 Å². The second-order valence-electron chi connectivity index (χ2n) is 10.2. The minimum Gasteiger partial charge on any atom is -0.384 e. The Kier molecular flexibility index (Phi) is 5.58. The standard InChI is InChI=1S/C31H25ClN4O3/c32-15-19-16-36(27-14-28(37)21-6-2-3-7-22(21)29(19)27)31(39)26-13-18-11-20(9-10-24(18)35-26)33-30(38)25-12-17-5-1-4-8-23(17)34-25/h1-14,19,28-29,34-35,37H,15-16H2,(H,33,38)/t19-,28?,29?/m1/s1. The Labute approximate surface area is 229 Å². The van der Waals surface area contributed by atoms with E-state index in [4.69, 9.17) is 11.6 Å². The number of hydrogen-bond donors (Lipinski definition) is 4. The lowest BCUT2D eigenvalue weighted by atomic mass is 9.80. The van der Waals surface area contributed by atoms with Crippen LogP contribution in [-0.4, -0.2) is 44.2 Å². The highest BCUT2D eigenvalue weighted by Crippen LogP contribution is 2.48. The van der Waals surface area contributed by atoms with Gasteiger partial charge in [-0.05, 0) is 53.6 Å². The molecule has 0 spiro atoms. The third-order valence-corrected chi connectivity index (χ3v) is 8.22. The number of rotatable bonds is 4. The number of para-hydroxylation sites is 1. The summed E-state index contributed by atoms with van der Waals surface area (Å²) in [6.45, 7) is 0.473. The number of aromatic amines is 2. The number of allylic oxidation sites excluding steroid dienone is 1. The fourth-order valence-electron chi connectivity index (χ4n) is 5.98. The largest absolute Gasteiger partial charge is 0.384 e. The number of aliphatic hydroxyl groups excluding tert-OH is 1. The summed E-state index contributed by atoms with van der Waals surface area (Å²) in [6, 6.07) is 24.7. The van der Waals surface area contributed by atoms with E-state index in [-0.39, 0.29) is 23.7 Å². The monoisotopic (exact) mass is 536 g/mol. The zero-order chi connectivity index (χ0) is 26.7. The fourth-order valence-corrected chi connectivity index (χ4v) is 6.26. The number of hydrogen-bond acceptors (Lipinski definition) is 3. The molecule has 2 aromatic heterocycles. The van der Waals surface area contributed by atoms with Crippen LogP contribution in [0.25, 0.3) is 21.8 Å². The maximum Gasteiger partial charge on any atom is 0.274 e. The van der Waals surface area contributed by atoms with E-state index in [2.05, 4.69) is 15.3 Å². The van der Waals surface area contributed by atoms with Crippen LogP contribution in [0, 0.1) is 5.92 Å². The van der Waals surface area contributed by atoms with E-state index >= 15 is 0 Å². The second kappa shape index (κ2) is 9.15. The molecule has 3 aromatic carbocycles. The molecule has 0 radical (unpaired) electrons. The molecule has 7 nitrogen and oxygen atoms in total. The summed E-state index contributed by atoms with van der Waals surface area (Å²) in [4.78, 5) is 34.7. The number of halogens is 1. The molecule has 0 bridgehead atoms. The summed E-state index contributed by atoms with van der Waals surface area (Å²) < 4.78 is 0. The molecule has 3 heterocycles.